The molecule has 0 aliphatic carbocycles. The van der Waals surface area contributed by atoms with Crippen molar-refractivity contribution < 1.29 is 19.1 Å². The molecule has 0 aliphatic rings. The van der Waals surface area contributed by atoms with Gasteiger partial charge in [-0.15, -0.1) is 11.3 Å². The number of carbonyl (C=O) groups excluding carboxylic acids is 3. The van der Waals surface area contributed by atoms with Gasteiger partial charge in [0, 0.05) is 12.8 Å². The van der Waals surface area contributed by atoms with Crippen molar-refractivity contribution >= 4 is 28.9 Å². The summed E-state index contributed by atoms with van der Waals surface area (Å²) in [5.74, 6) is -0.516. The Morgan fingerprint density at radius 3 is 2.58 bits per heavy atom. The minimum atomic E-state index is -0.431. The number of Topliss-reactive ketones (excluding diaryl/α,β-unsaturated/α-hetero) is 1. The normalized spacial score (nSPS) is 10.1. The van der Waals surface area contributed by atoms with Crippen LogP contribution in [0.1, 0.15) is 38.4 Å². The summed E-state index contributed by atoms with van der Waals surface area (Å²) in [4.78, 5) is 36.2. The summed E-state index contributed by atoms with van der Waals surface area (Å²) >= 11 is 1.27. The quantitative estimate of drug-likeness (QED) is 0.622. The summed E-state index contributed by atoms with van der Waals surface area (Å²) in [6.07, 6.45) is 0.00116. The van der Waals surface area contributed by atoms with Crippen LogP contribution in [0.4, 0.5) is 0 Å². The number of thiophene rings is 1. The maximum Gasteiger partial charge on any atom is 0.279 e. The molecule has 0 radical (unpaired) electrons. The molecule has 0 aliphatic heterocycles. The topological polar surface area (TPSA) is 84.5 Å². The Morgan fingerprint density at radius 2 is 1.92 bits per heavy atom. The van der Waals surface area contributed by atoms with Gasteiger partial charge in [-0.25, -0.2) is 0 Å². The van der Waals surface area contributed by atoms with Crippen LogP contribution in [0.5, 0.6) is 5.75 Å². The van der Waals surface area contributed by atoms with Gasteiger partial charge in [-0.3, -0.25) is 25.2 Å². The molecule has 0 saturated heterocycles. The first kappa shape index (κ1) is 17.7. The second-order valence-electron chi connectivity index (χ2n) is 5.11. The number of amides is 2. The van der Waals surface area contributed by atoms with E-state index in [9.17, 15) is 14.4 Å². The Labute approximate surface area is 143 Å². The van der Waals surface area contributed by atoms with Crippen molar-refractivity contribution in [3.8, 4) is 5.75 Å². The smallest absolute Gasteiger partial charge is 0.279 e. The van der Waals surface area contributed by atoms with Crippen molar-refractivity contribution in [3.63, 3.8) is 0 Å². The fourth-order valence-corrected chi connectivity index (χ4v) is 2.68. The molecular formula is C17H18N2O4S. The van der Waals surface area contributed by atoms with Crippen molar-refractivity contribution in [1.29, 1.82) is 0 Å². The first-order valence-corrected chi connectivity index (χ1v) is 8.19. The van der Waals surface area contributed by atoms with E-state index in [2.05, 4.69) is 10.9 Å². The zero-order valence-corrected chi connectivity index (χ0v) is 14.2. The minimum Gasteiger partial charge on any atom is -0.496 e. The summed E-state index contributed by atoms with van der Waals surface area (Å²) in [5, 5.41) is 1.77. The molecule has 0 unspecified atom stereocenters. The monoisotopic (exact) mass is 346 g/mol. The molecule has 6 nitrogen and oxygen atoms in total. The van der Waals surface area contributed by atoms with Crippen molar-refractivity contribution in [2.24, 2.45) is 0 Å². The largest absolute Gasteiger partial charge is 0.496 e. The maximum absolute atomic E-state index is 12.3. The van der Waals surface area contributed by atoms with E-state index < -0.39 is 5.91 Å². The van der Waals surface area contributed by atoms with Crippen LogP contribution in [0, 0.1) is 6.92 Å². The number of ether oxygens (including phenoxy) is 1. The van der Waals surface area contributed by atoms with Crippen molar-refractivity contribution in [2.45, 2.75) is 19.8 Å². The fraction of sp³-hybridized carbons (Fsp3) is 0.235. The molecule has 0 atom stereocenters. The highest BCUT2D eigenvalue weighted by Crippen LogP contribution is 2.21. The van der Waals surface area contributed by atoms with E-state index in [-0.39, 0.29) is 24.5 Å². The molecular weight excluding hydrogens is 328 g/mol. The highest BCUT2D eigenvalue weighted by atomic mass is 32.1. The van der Waals surface area contributed by atoms with Gasteiger partial charge >= 0.3 is 0 Å². The summed E-state index contributed by atoms with van der Waals surface area (Å²) < 4.78 is 5.17. The van der Waals surface area contributed by atoms with E-state index in [1.165, 1.54) is 18.4 Å². The molecule has 0 bridgehead atoms. The van der Waals surface area contributed by atoms with Crippen molar-refractivity contribution in [3.05, 3.63) is 51.7 Å². The third-order valence-corrected chi connectivity index (χ3v) is 4.16. The van der Waals surface area contributed by atoms with Crippen molar-refractivity contribution in [1.82, 2.24) is 10.9 Å². The Balaban J connectivity index is 1.84. The number of hydrogen-bond donors (Lipinski definition) is 2. The Bertz CT molecular complexity index is 741. The van der Waals surface area contributed by atoms with Gasteiger partial charge < -0.3 is 4.74 Å². The number of ketones is 1. The minimum absolute atomic E-state index is 0.0271. The van der Waals surface area contributed by atoms with Gasteiger partial charge in [0.15, 0.2) is 5.78 Å². The predicted octanol–water partition coefficient (Wildman–Crippen LogP) is 2.49. The number of nitrogens with one attached hydrogen (secondary N) is 2. The van der Waals surface area contributed by atoms with E-state index in [1.54, 1.807) is 29.6 Å². The summed E-state index contributed by atoms with van der Waals surface area (Å²) in [6, 6.07) is 8.71. The third-order valence-electron chi connectivity index (χ3n) is 3.29. The van der Waals surface area contributed by atoms with E-state index in [4.69, 9.17) is 4.74 Å². The van der Waals surface area contributed by atoms with E-state index in [0.717, 1.165) is 5.56 Å². The molecule has 2 N–H and O–H groups in total. The van der Waals surface area contributed by atoms with Gasteiger partial charge in [0.25, 0.3) is 5.91 Å². The molecule has 7 heteroatoms. The van der Waals surface area contributed by atoms with Crippen LogP contribution in [0.15, 0.2) is 35.7 Å². The van der Waals surface area contributed by atoms with Crippen LogP contribution in [0.25, 0.3) is 0 Å². The molecule has 0 spiro atoms. The maximum atomic E-state index is 12.3. The van der Waals surface area contributed by atoms with Crippen LogP contribution in [0.3, 0.4) is 0 Å². The number of hydrogen-bond acceptors (Lipinski definition) is 5. The standard InChI is InChI=1S/C17H18N2O4S/c1-11-5-7-14(23-2)12(10-11)13(20)6-8-16(21)18-19-17(22)15-4-3-9-24-15/h3-5,7,9-10H,6,8H2,1-2H3,(H,18,21)(H,19,22). The predicted molar refractivity (Wildman–Crippen MR) is 91.2 cm³/mol. The van der Waals surface area contributed by atoms with Crippen molar-refractivity contribution in [2.75, 3.05) is 7.11 Å². The molecule has 1 aromatic heterocycles. The first-order chi connectivity index (χ1) is 11.5. The Hall–Kier alpha value is -2.67. The number of carbonyl (C=O) groups is 3. The lowest BCUT2D eigenvalue weighted by atomic mass is 10.0. The zero-order chi connectivity index (χ0) is 17.5. The highest BCUT2D eigenvalue weighted by molar-refractivity contribution is 7.12. The molecule has 0 fully saturated rings. The third kappa shape index (κ3) is 4.66. The molecule has 2 aromatic rings. The summed E-state index contributed by atoms with van der Waals surface area (Å²) in [5.41, 5.74) is 6.01. The summed E-state index contributed by atoms with van der Waals surface area (Å²) in [6.45, 7) is 1.88. The highest BCUT2D eigenvalue weighted by Gasteiger charge is 2.15. The second kappa shape index (κ2) is 8.26. The van der Waals surface area contributed by atoms with Crippen LogP contribution in [-0.4, -0.2) is 24.7 Å². The number of rotatable bonds is 6. The van der Waals surface area contributed by atoms with Gasteiger partial charge in [0.1, 0.15) is 5.75 Å². The average Bonchev–Trinajstić information content (AvgIpc) is 3.12. The van der Waals surface area contributed by atoms with Crippen LogP contribution < -0.4 is 15.6 Å². The second-order valence-corrected chi connectivity index (χ2v) is 6.05. The van der Waals surface area contributed by atoms with Gasteiger partial charge in [-0.05, 0) is 30.5 Å². The molecule has 24 heavy (non-hydrogen) atoms. The number of benzene rings is 1. The SMILES string of the molecule is COc1ccc(C)cc1C(=O)CCC(=O)NNC(=O)c1cccs1. The number of methoxy groups -OCH3 is 1. The molecule has 2 rings (SSSR count). The zero-order valence-electron chi connectivity index (χ0n) is 13.4. The van der Waals surface area contributed by atoms with Gasteiger partial charge in [0.2, 0.25) is 5.91 Å². The number of hydrazine groups is 1. The van der Waals surface area contributed by atoms with E-state index in [1.807, 2.05) is 13.0 Å². The van der Waals surface area contributed by atoms with Gasteiger partial charge in [-0.2, -0.15) is 0 Å². The van der Waals surface area contributed by atoms with Crippen LogP contribution >= 0.6 is 11.3 Å². The van der Waals surface area contributed by atoms with Crippen LogP contribution in [-0.2, 0) is 4.79 Å². The lowest BCUT2D eigenvalue weighted by Gasteiger charge is -2.09. The van der Waals surface area contributed by atoms with E-state index >= 15 is 0 Å². The molecule has 1 heterocycles. The van der Waals surface area contributed by atoms with Crippen LogP contribution in [0.2, 0.25) is 0 Å². The summed E-state index contributed by atoms with van der Waals surface area (Å²) in [7, 11) is 1.49. The Morgan fingerprint density at radius 1 is 1.12 bits per heavy atom. The first-order valence-electron chi connectivity index (χ1n) is 7.32. The number of aryl methyl sites for hydroxylation is 1. The lowest BCUT2D eigenvalue weighted by Crippen LogP contribution is -2.41. The molecule has 126 valence electrons. The molecule has 2 amide bonds. The molecule has 0 saturated carbocycles. The van der Waals surface area contributed by atoms with Gasteiger partial charge in [-0.1, -0.05) is 17.7 Å². The molecule has 1 aromatic carbocycles. The fourth-order valence-electron chi connectivity index (χ4n) is 2.06. The average molecular weight is 346 g/mol. The Kier molecular flexibility index (Phi) is 6.08. The lowest BCUT2D eigenvalue weighted by molar-refractivity contribution is -0.121. The van der Waals surface area contributed by atoms with E-state index in [0.29, 0.717) is 16.2 Å². The van der Waals surface area contributed by atoms with Gasteiger partial charge in [0.05, 0.1) is 17.6 Å².